The quantitative estimate of drug-likeness (QED) is 0.837. The minimum atomic E-state index is -0.251. The number of rotatable bonds is 2. The molecule has 1 fully saturated rings. The molecule has 0 saturated carbocycles. The van der Waals surface area contributed by atoms with Crippen molar-refractivity contribution in [2.45, 2.75) is 18.9 Å². The van der Waals surface area contributed by atoms with Gasteiger partial charge in [-0.05, 0) is 48.9 Å². The minimum absolute atomic E-state index is 0.251. The summed E-state index contributed by atoms with van der Waals surface area (Å²) in [6.07, 6.45) is 3.90. The number of hydrogen-bond acceptors (Lipinski definition) is 3. The maximum Gasteiger partial charge on any atom is 0.166 e. The highest BCUT2D eigenvalue weighted by Crippen LogP contribution is 2.24. The predicted octanol–water partition coefficient (Wildman–Crippen LogP) is 2.51. The summed E-state index contributed by atoms with van der Waals surface area (Å²) in [6.45, 7) is 1.73. The molecule has 1 saturated heterocycles. The van der Waals surface area contributed by atoms with E-state index in [-0.39, 0.29) is 5.82 Å². The Morgan fingerprint density at radius 3 is 2.94 bits per heavy atom. The fourth-order valence-electron chi connectivity index (χ4n) is 2.21. The van der Waals surface area contributed by atoms with Crippen LogP contribution < -0.4 is 4.90 Å². The van der Waals surface area contributed by atoms with Gasteiger partial charge in [-0.1, -0.05) is 0 Å². The summed E-state index contributed by atoms with van der Waals surface area (Å²) < 4.78 is 14.5. The van der Waals surface area contributed by atoms with Gasteiger partial charge < -0.3 is 9.80 Å². The van der Waals surface area contributed by atoms with Crippen LogP contribution >= 0.6 is 15.9 Å². The largest absolute Gasteiger partial charge is 0.353 e. The first-order valence-electron chi connectivity index (χ1n) is 5.80. The van der Waals surface area contributed by atoms with Crippen molar-refractivity contribution in [3.63, 3.8) is 0 Å². The van der Waals surface area contributed by atoms with Gasteiger partial charge >= 0.3 is 0 Å². The van der Waals surface area contributed by atoms with E-state index in [0.29, 0.717) is 16.3 Å². The molecule has 1 unspecified atom stereocenters. The molecule has 1 aliphatic heterocycles. The molecule has 0 radical (unpaired) electrons. The highest BCUT2D eigenvalue weighted by molar-refractivity contribution is 9.10. The van der Waals surface area contributed by atoms with E-state index >= 15 is 0 Å². The van der Waals surface area contributed by atoms with Gasteiger partial charge in [-0.25, -0.2) is 9.37 Å². The molecule has 1 aliphatic rings. The first-order chi connectivity index (χ1) is 8.08. The maximum atomic E-state index is 13.8. The Hall–Kier alpha value is -0.680. The second-order valence-electron chi connectivity index (χ2n) is 4.66. The molecule has 2 heterocycles. The molecule has 0 aromatic carbocycles. The second kappa shape index (κ2) is 5.31. The van der Waals surface area contributed by atoms with Crippen LogP contribution in [0.15, 0.2) is 16.7 Å². The lowest BCUT2D eigenvalue weighted by atomic mass is 10.0. The number of halogens is 2. The Kier molecular flexibility index (Phi) is 3.99. The standard InChI is InChI=1S/C12H17BrFN3/c1-16(2)10-4-3-5-17(8-10)12-11(14)6-9(13)7-15-12/h6-7,10H,3-5,8H2,1-2H3. The zero-order chi connectivity index (χ0) is 12.4. The lowest BCUT2D eigenvalue weighted by Gasteiger charge is -2.36. The van der Waals surface area contributed by atoms with E-state index in [1.165, 1.54) is 12.5 Å². The van der Waals surface area contributed by atoms with Gasteiger partial charge in [0.25, 0.3) is 0 Å². The van der Waals surface area contributed by atoms with Crippen LogP contribution in [0, 0.1) is 5.82 Å². The van der Waals surface area contributed by atoms with Crippen molar-refractivity contribution in [1.29, 1.82) is 0 Å². The third-order valence-corrected chi connectivity index (χ3v) is 3.65. The maximum absolute atomic E-state index is 13.8. The molecule has 1 atom stereocenters. The van der Waals surface area contributed by atoms with Gasteiger partial charge in [-0.3, -0.25) is 0 Å². The lowest BCUT2D eigenvalue weighted by molar-refractivity contribution is 0.257. The molecule has 3 nitrogen and oxygen atoms in total. The van der Waals surface area contributed by atoms with Gasteiger partial charge in [0.15, 0.2) is 11.6 Å². The summed E-state index contributed by atoms with van der Waals surface area (Å²) in [5.74, 6) is 0.221. The van der Waals surface area contributed by atoms with E-state index in [1.807, 2.05) is 4.90 Å². The minimum Gasteiger partial charge on any atom is -0.353 e. The van der Waals surface area contributed by atoms with Crippen LogP contribution in [0.4, 0.5) is 10.2 Å². The van der Waals surface area contributed by atoms with Crippen LogP contribution in [0.3, 0.4) is 0 Å². The molecule has 1 aromatic rings. The summed E-state index contributed by atoms with van der Waals surface area (Å²) in [5, 5.41) is 0. The number of piperidine rings is 1. The molecular formula is C12H17BrFN3. The van der Waals surface area contributed by atoms with Crippen molar-refractivity contribution in [2.24, 2.45) is 0 Å². The van der Waals surface area contributed by atoms with Gasteiger partial charge in [0.05, 0.1) is 0 Å². The molecule has 94 valence electrons. The fourth-order valence-corrected chi connectivity index (χ4v) is 2.51. The third kappa shape index (κ3) is 2.96. The van der Waals surface area contributed by atoms with E-state index in [0.717, 1.165) is 19.5 Å². The number of anilines is 1. The first kappa shape index (κ1) is 12.8. The normalized spacial score (nSPS) is 21.0. The van der Waals surface area contributed by atoms with Crippen LogP contribution in [0.2, 0.25) is 0 Å². The monoisotopic (exact) mass is 301 g/mol. The number of nitrogens with zero attached hydrogens (tertiary/aromatic N) is 3. The van der Waals surface area contributed by atoms with Crippen LogP contribution in [-0.4, -0.2) is 43.1 Å². The number of aromatic nitrogens is 1. The summed E-state index contributed by atoms with van der Waals surface area (Å²) in [6, 6.07) is 1.95. The highest BCUT2D eigenvalue weighted by Gasteiger charge is 2.24. The number of pyridine rings is 1. The Bertz CT molecular complexity index is 397. The molecule has 17 heavy (non-hydrogen) atoms. The predicted molar refractivity (Wildman–Crippen MR) is 70.8 cm³/mol. The molecule has 0 spiro atoms. The van der Waals surface area contributed by atoms with Crippen LogP contribution in [0.5, 0.6) is 0 Å². The van der Waals surface area contributed by atoms with Gasteiger partial charge in [-0.15, -0.1) is 0 Å². The molecular weight excluding hydrogens is 285 g/mol. The third-order valence-electron chi connectivity index (χ3n) is 3.21. The number of likely N-dealkylation sites (N-methyl/N-ethyl adjacent to an activating group) is 1. The Labute approximate surface area is 110 Å². The average Bonchev–Trinajstić information content (AvgIpc) is 2.29. The molecule has 0 N–H and O–H groups in total. The van der Waals surface area contributed by atoms with Crippen molar-refractivity contribution >= 4 is 21.7 Å². The summed E-state index contributed by atoms with van der Waals surface area (Å²) in [5.41, 5.74) is 0. The Balaban J connectivity index is 2.16. The second-order valence-corrected chi connectivity index (χ2v) is 5.58. The van der Waals surface area contributed by atoms with Crippen molar-refractivity contribution in [3.05, 3.63) is 22.6 Å². The zero-order valence-electron chi connectivity index (χ0n) is 10.2. The van der Waals surface area contributed by atoms with Crippen molar-refractivity contribution in [1.82, 2.24) is 9.88 Å². The Morgan fingerprint density at radius 2 is 2.29 bits per heavy atom. The first-order valence-corrected chi connectivity index (χ1v) is 6.59. The van der Waals surface area contributed by atoms with Crippen LogP contribution in [0.25, 0.3) is 0 Å². The summed E-state index contributed by atoms with van der Waals surface area (Å²) in [7, 11) is 4.14. The van der Waals surface area contributed by atoms with Crippen molar-refractivity contribution < 1.29 is 4.39 Å². The van der Waals surface area contributed by atoms with E-state index in [9.17, 15) is 4.39 Å². The summed E-state index contributed by atoms with van der Waals surface area (Å²) in [4.78, 5) is 8.42. The topological polar surface area (TPSA) is 19.4 Å². The van der Waals surface area contributed by atoms with E-state index in [4.69, 9.17) is 0 Å². The van der Waals surface area contributed by atoms with Gasteiger partial charge in [-0.2, -0.15) is 0 Å². The SMILES string of the molecule is CN(C)C1CCCN(c2ncc(Br)cc2F)C1. The van der Waals surface area contributed by atoms with Crippen molar-refractivity contribution in [2.75, 3.05) is 32.1 Å². The average molecular weight is 302 g/mol. The molecule has 0 aliphatic carbocycles. The Morgan fingerprint density at radius 1 is 1.53 bits per heavy atom. The van der Waals surface area contributed by atoms with Gasteiger partial charge in [0, 0.05) is 29.8 Å². The summed E-state index contributed by atoms with van der Waals surface area (Å²) >= 11 is 3.23. The molecule has 2 rings (SSSR count). The van der Waals surface area contributed by atoms with Gasteiger partial charge in [0.2, 0.25) is 0 Å². The molecule has 1 aromatic heterocycles. The van der Waals surface area contributed by atoms with E-state index < -0.39 is 0 Å². The number of hydrogen-bond donors (Lipinski definition) is 0. The molecule has 5 heteroatoms. The van der Waals surface area contributed by atoms with Crippen LogP contribution in [0.1, 0.15) is 12.8 Å². The zero-order valence-corrected chi connectivity index (χ0v) is 11.7. The fraction of sp³-hybridized carbons (Fsp3) is 0.583. The molecule has 0 bridgehead atoms. The van der Waals surface area contributed by atoms with Gasteiger partial charge in [0.1, 0.15) is 0 Å². The molecule has 0 amide bonds. The van der Waals surface area contributed by atoms with E-state index in [2.05, 4.69) is 39.9 Å². The highest BCUT2D eigenvalue weighted by atomic mass is 79.9. The van der Waals surface area contributed by atoms with E-state index in [1.54, 1.807) is 6.20 Å². The smallest absolute Gasteiger partial charge is 0.166 e. The van der Waals surface area contributed by atoms with Crippen molar-refractivity contribution in [3.8, 4) is 0 Å². The van der Waals surface area contributed by atoms with Crippen LogP contribution in [-0.2, 0) is 0 Å². The lowest BCUT2D eigenvalue weighted by Crippen LogP contribution is -2.45.